The van der Waals surface area contributed by atoms with E-state index in [9.17, 15) is 14.4 Å². The Morgan fingerprint density at radius 2 is 1.92 bits per heavy atom. The number of hydrogen-bond acceptors (Lipinski definition) is 3. The molecule has 0 radical (unpaired) electrons. The number of benzene rings is 1. The van der Waals surface area contributed by atoms with E-state index in [2.05, 4.69) is 10.3 Å². The molecule has 0 aliphatic heterocycles. The van der Waals surface area contributed by atoms with E-state index >= 15 is 0 Å². The third kappa shape index (κ3) is 4.81. The predicted molar refractivity (Wildman–Crippen MR) is 91.3 cm³/mol. The topological polar surface area (TPSA) is 99.3 Å². The molecule has 1 aromatic heterocycles. The van der Waals surface area contributed by atoms with Crippen molar-refractivity contribution >= 4 is 17.6 Å². The first-order valence-electron chi connectivity index (χ1n) is 7.69. The Kier molecular flexibility index (Phi) is 5.52. The Hall–Kier alpha value is -2.89. The van der Waals surface area contributed by atoms with E-state index in [1.807, 2.05) is 13.8 Å². The number of nitrogens with one attached hydrogen (secondary N) is 2. The normalized spacial score (nSPS) is 10.6. The standard InChI is InChI=1S/C18H20N2O4/c1-11(2)7-14-8-13(9-16(21)19-14)18(24)20-15-6-4-3-5-12(15)10-17(22)23/h3-6,8-9,11H,7,10H2,1-2H3,(H,19,21)(H,20,24)(H,22,23). The first-order valence-corrected chi connectivity index (χ1v) is 7.69. The van der Waals surface area contributed by atoms with Crippen molar-refractivity contribution in [1.82, 2.24) is 4.98 Å². The van der Waals surface area contributed by atoms with Crippen LogP contribution >= 0.6 is 0 Å². The molecule has 0 unspecified atom stereocenters. The van der Waals surface area contributed by atoms with Gasteiger partial charge in [-0.25, -0.2) is 0 Å². The summed E-state index contributed by atoms with van der Waals surface area (Å²) in [6.45, 7) is 4.04. The number of anilines is 1. The Morgan fingerprint density at radius 1 is 1.21 bits per heavy atom. The molecule has 0 atom stereocenters. The second-order valence-corrected chi connectivity index (χ2v) is 6.04. The molecule has 0 spiro atoms. The number of carboxylic acids is 1. The molecular formula is C18H20N2O4. The maximum Gasteiger partial charge on any atom is 0.307 e. The predicted octanol–water partition coefficient (Wildman–Crippen LogP) is 2.45. The summed E-state index contributed by atoms with van der Waals surface area (Å²) in [6, 6.07) is 9.59. The van der Waals surface area contributed by atoms with E-state index in [0.29, 0.717) is 29.3 Å². The summed E-state index contributed by atoms with van der Waals surface area (Å²) in [4.78, 5) is 37.8. The van der Waals surface area contributed by atoms with E-state index < -0.39 is 11.9 Å². The first-order chi connectivity index (χ1) is 11.3. The van der Waals surface area contributed by atoms with Crippen LogP contribution < -0.4 is 10.9 Å². The van der Waals surface area contributed by atoms with Gasteiger partial charge in [0.05, 0.1) is 6.42 Å². The van der Waals surface area contributed by atoms with Gasteiger partial charge in [-0.05, 0) is 30.0 Å². The van der Waals surface area contributed by atoms with Crippen LogP contribution in [0.1, 0.15) is 35.5 Å². The highest BCUT2D eigenvalue weighted by molar-refractivity contribution is 6.04. The molecular weight excluding hydrogens is 308 g/mol. The third-order valence-corrected chi connectivity index (χ3v) is 3.40. The number of carbonyl (C=O) groups excluding carboxylic acids is 1. The highest BCUT2D eigenvalue weighted by Crippen LogP contribution is 2.17. The molecule has 3 N–H and O–H groups in total. The molecule has 2 rings (SSSR count). The Balaban J connectivity index is 2.26. The monoisotopic (exact) mass is 328 g/mol. The summed E-state index contributed by atoms with van der Waals surface area (Å²) in [5.41, 5.74) is 1.54. The van der Waals surface area contributed by atoms with Crippen LogP contribution in [0.3, 0.4) is 0 Å². The van der Waals surface area contributed by atoms with Gasteiger partial charge in [-0.15, -0.1) is 0 Å². The van der Waals surface area contributed by atoms with Crippen molar-refractivity contribution < 1.29 is 14.7 Å². The molecule has 0 saturated carbocycles. The number of carboxylic acid groups (broad SMARTS) is 1. The van der Waals surface area contributed by atoms with Crippen molar-refractivity contribution in [2.75, 3.05) is 5.32 Å². The molecule has 0 saturated heterocycles. The first kappa shape index (κ1) is 17.5. The van der Waals surface area contributed by atoms with Crippen molar-refractivity contribution in [2.24, 2.45) is 5.92 Å². The van der Waals surface area contributed by atoms with Gasteiger partial charge in [0.25, 0.3) is 5.91 Å². The van der Waals surface area contributed by atoms with Gasteiger partial charge in [0.15, 0.2) is 0 Å². The van der Waals surface area contributed by atoms with Crippen molar-refractivity contribution in [2.45, 2.75) is 26.7 Å². The Morgan fingerprint density at radius 3 is 2.58 bits per heavy atom. The fourth-order valence-electron chi connectivity index (χ4n) is 2.44. The lowest BCUT2D eigenvalue weighted by Crippen LogP contribution is -2.19. The molecule has 1 aromatic carbocycles. The van der Waals surface area contributed by atoms with Gasteiger partial charge in [-0.1, -0.05) is 32.0 Å². The summed E-state index contributed by atoms with van der Waals surface area (Å²) in [7, 11) is 0. The number of aliphatic carboxylic acids is 1. The number of aromatic nitrogens is 1. The van der Waals surface area contributed by atoms with Gasteiger partial charge in [0.2, 0.25) is 5.56 Å². The van der Waals surface area contributed by atoms with Gasteiger partial charge >= 0.3 is 5.97 Å². The lowest BCUT2D eigenvalue weighted by Gasteiger charge is -2.11. The molecule has 1 amide bonds. The summed E-state index contributed by atoms with van der Waals surface area (Å²) in [6.07, 6.45) is 0.469. The molecule has 6 nitrogen and oxygen atoms in total. The van der Waals surface area contributed by atoms with Gasteiger partial charge in [0, 0.05) is 23.0 Å². The lowest BCUT2D eigenvalue weighted by atomic mass is 10.1. The van der Waals surface area contributed by atoms with Crippen molar-refractivity contribution in [3.05, 3.63) is 63.6 Å². The fourth-order valence-corrected chi connectivity index (χ4v) is 2.44. The van der Waals surface area contributed by atoms with Crippen LogP contribution in [-0.4, -0.2) is 22.0 Å². The Bertz CT molecular complexity index is 809. The van der Waals surface area contributed by atoms with E-state index in [0.717, 1.165) is 0 Å². The second-order valence-electron chi connectivity index (χ2n) is 6.04. The lowest BCUT2D eigenvalue weighted by molar-refractivity contribution is -0.136. The maximum atomic E-state index is 12.4. The molecule has 24 heavy (non-hydrogen) atoms. The minimum atomic E-state index is -0.980. The number of para-hydroxylation sites is 1. The largest absolute Gasteiger partial charge is 0.481 e. The minimum absolute atomic E-state index is 0.190. The zero-order chi connectivity index (χ0) is 17.7. The van der Waals surface area contributed by atoms with Gasteiger partial charge in [-0.2, -0.15) is 0 Å². The smallest absolute Gasteiger partial charge is 0.307 e. The summed E-state index contributed by atoms with van der Waals surface area (Å²) >= 11 is 0. The highest BCUT2D eigenvalue weighted by atomic mass is 16.4. The average molecular weight is 328 g/mol. The molecule has 6 heteroatoms. The summed E-state index contributed by atoms with van der Waals surface area (Å²) in [5.74, 6) is -1.08. The number of hydrogen-bond donors (Lipinski definition) is 3. The van der Waals surface area contributed by atoms with Crippen LogP contribution in [0.2, 0.25) is 0 Å². The molecule has 2 aromatic rings. The zero-order valence-electron chi connectivity index (χ0n) is 13.6. The van der Waals surface area contributed by atoms with Crippen LogP contribution in [0.25, 0.3) is 0 Å². The van der Waals surface area contributed by atoms with E-state index in [1.54, 1.807) is 30.3 Å². The second kappa shape index (κ2) is 7.59. The van der Waals surface area contributed by atoms with Crippen LogP contribution in [0, 0.1) is 5.92 Å². The summed E-state index contributed by atoms with van der Waals surface area (Å²) in [5, 5.41) is 11.6. The van der Waals surface area contributed by atoms with Crippen LogP contribution in [-0.2, 0) is 17.6 Å². The van der Waals surface area contributed by atoms with Crippen molar-refractivity contribution in [3.8, 4) is 0 Å². The van der Waals surface area contributed by atoms with Gasteiger partial charge in [0.1, 0.15) is 0 Å². The Labute approximate surface area is 139 Å². The number of H-pyrrole nitrogens is 1. The molecule has 0 bridgehead atoms. The van der Waals surface area contributed by atoms with Gasteiger partial charge < -0.3 is 15.4 Å². The van der Waals surface area contributed by atoms with E-state index in [1.165, 1.54) is 6.07 Å². The van der Waals surface area contributed by atoms with Crippen molar-refractivity contribution in [3.63, 3.8) is 0 Å². The maximum absolute atomic E-state index is 12.4. The quantitative estimate of drug-likeness (QED) is 0.758. The number of carbonyl (C=O) groups is 2. The number of amides is 1. The molecule has 0 fully saturated rings. The molecule has 126 valence electrons. The molecule has 0 aliphatic rings. The number of pyridine rings is 1. The number of rotatable bonds is 6. The average Bonchev–Trinajstić information content (AvgIpc) is 2.47. The zero-order valence-corrected chi connectivity index (χ0v) is 13.6. The van der Waals surface area contributed by atoms with Gasteiger partial charge in [-0.3, -0.25) is 14.4 Å². The number of aromatic amines is 1. The van der Waals surface area contributed by atoms with E-state index in [4.69, 9.17) is 5.11 Å². The van der Waals surface area contributed by atoms with E-state index in [-0.39, 0.29) is 17.5 Å². The molecule has 1 heterocycles. The van der Waals surface area contributed by atoms with Crippen LogP contribution in [0.15, 0.2) is 41.2 Å². The van der Waals surface area contributed by atoms with Crippen molar-refractivity contribution in [1.29, 1.82) is 0 Å². The minimum Gasteiger partial charge on any atom is -0.481 e. The van der Waals surface area contributed by atoms with Crippen LogP contribution in [0.5, 0.6) is 0 Å². The summed E-state index contributed by atoms with van der Waals surface area (Å²) < 4.78 is 0. The van der Waals surface area contributed by atoms with Crippen LogP contribution in [0.4, 0.5) is 5.69 Å². The fraction of sp³-hybridized carbons (Fsp3) is 0.278. The third-order valence-electron chi connectivity index (χ3n) is 3.40. The SMILES string of the molecule is CC(C)Cc1cc(C(=O)Nc2ccccc2CC(=O)O)cc(=O)[nH]1. The molecule has 0 aliphatic carbocycles. The highest BCUT2D eigenvalue weighted by Gasteiger charge is 2.13.